The van der Waals surface area contributed by atoms with Crippen molar-refractivity contribution in [3.63, 3.8) is 0 Å². The third kappa shape index (κ3) is 9.27. The lowest BCUT2D eigenvalue weighted by atomic mass is 10.1. The monoisotopic (exact) mass is 813 g/mol. The zero-order chi connectivity index (χ0) is 42.3. The first-order valence-electron chi connectivity index (χ1n) is 19.6. The second-order valence-corrected chi connectivity index (χ2v) is 14.4. The molecule has 13 nitrogen and oxygen atoms in total. The Bertz CT molecular complexity index is 2880. The number of aryl methyl sites for hydroxylation is 1. The second-order valence-electron chi connectivity index (χ2n) is 14.4. The van der Waals surface area contributed by atoms with E-state index in [0.717, 1.165) is 54.9 Å². The molecule has 2 N–H and O–H groups in total. The Labute approximate surface area is 351 Å². The standard InChI is InChI=1S/C48H43N7O6/c1-32-50-20-23-55(32)38-11-7-9-35(25-38)30-53(29-34-8-6-10-37(24-34)54-22-19-49-31-54)21-18-33-14-16-36(17-15-33)51-47(57)40-26-44(59-2)45(60-3)27-41(40)52-48(58)46-28-42(56)39-12-4-5-13-43(39)61-46/h4-17,19-20,22-28,31H,18,21,29-30H2,1-3H3,(H,51,57)(H,52,58). The highest BCUT2D eigenvalue weighted by Gasteiger charge is 2.21. The number of fused-ring (bicyclic) bond motifs is 1. The van der Waals surface area contributed by atoms with Crippen molar-refractivity contribution in [2.45, 2.75) is 26.4 Å². The molecule has 0 unspecified atom stereocenters. The molecule has 2 amide bonds. The number of imidazole rings is 2. The van der Waals surface area contributed by atoms with Gasteiger partial charge in [-0.3, -0.25) is 19.3 Å². The topological polar surface area (TPSA) is 146 Å². The fourth-order valence-electron chi connectivity index (χ4n) is 7.22. The fourth-order valence-corrected chi connectivity index (χ4v) is 7.22. The Kier molecular flexibility index (Phi) is 11.8. The highest BCUT2D eigenvalue weighted by atomic mass is 16.5. The SMILES string of the molecule is COc1cc(NC(=O)c2cc(=O)c3ccccc3o2)c(C(=O)Nc2ccc(CCN(Cc3cccc(-n4ccnc4)c3)Cc3cccc(-n4ccnc4C)c3)cc2)cc1OC. The molecule has 8 aromatic rings. The van der Waals surface area contributed by atoms with Gasteiger partial charge in [0.2, 0.25) is 0 Å². The summed E-state index contributed by atoms with van der Waals surface area (Å²) in [7, 11) is 2.91. The van der Waals surface area contributed by atoms with Crippen molar-refractivity contribution in [3.8, 4) is 22.9 Å². The van der Waals surface area contributed by atoms with E-state index in [-0.39, 0.29) is 28.0 Å². The molecule has 5 aromatic carbocycles. The Hall–Kier alpha value is -7.77. The van der Waals surface area contributed by atoms with Crippen LogP contribution in [0.5, 0.6) is 11.5 Å². The Morgan fingerprint density at radius 1 is 0.738 bits per heavy atom. The number of benzene rings is 5. The average molecular weight is 814 g/mol. The number of rotatable bonds is 15. The van der Waals surface area contributed by atoms with Gasteiger partial charge in [0.15, 0.2) is 22.7 Å². The molecule has 8 rings (SSSR count). The van der Waals surface area contributed by atoms with E-state index in [1.807, 2.05) is 54.3 Å². The third-order valence-electron chi connectivity index (χ3n) is 10.3. The summed E-state index contributed by atoms with van der Waals surface area (Å²) in [6, 6.07) is 35.5. The van der Waals surface area contributed by atoms with Gasteiger partial charge in [-0.15, -0.1) is 0 Å². The molecule has 0 radical (unpaired) electrons. The lowest BCUT2D eigenvalue weighted by molar-refractivity contribution is 0.0997. The summed E-state index contributed by atoms with van der Waals surface area (Å²) in [5, 5.41) is 6.02. The minimum atomic E-state index is -0.713. The van der Waals surface area contributed by atoms with Crippen molar-refractivity contribution < 1.29 is 23.5 Å². The van der Waals surface area contributed by atoms with Gasteiger partial charge in [0, 0.05) is 73.6 Å². The summed E-state index contributed by atoms with van der Waals surface area (Å²) < 4.78 is 20.8. The van der Waals surface area contributed by atoms with Crippen molar-refractivity contribution >= 4 is 34.2 Å². The van der Waals surface area contributed by atoms with Crippen LogP contribution in [0.25, 0.3) is 22.3 Å². The molecule has 61 heavy (non-hydrogen) atoms. The number of aromatic nitrogens is 4. The minimum absolute atomic E-state index is 0.109. The number of hydrogen-bond donors (Lipinski definition) is 2. The van der Waals surface area contributed by atoms with Crippen LogP contribution >= 0.6 is 0 Å². The van der Waals surface area contributed by atoms with E-state index in [2.05, 4.69) is 78.6 Å². The number of hydrogen-bond acceptors (Lipinski definition) is 9. The quantitative estimate of drug-likeness (QED) is 0.105. The van der Waals surface area contributed by atoms with Crippen LogP contribution in [0.3, 0.4) is 0 Å². The van der Waals surface area contributed by atoms with Crippen LogP contribution in [0.1, 0.15) is 43.4 Å². The number of nitrogens with zero attached hydrogens (tertiary/aromatic N) is 5. The predicted molar refractivity (Wildman–Crippen MR) is 234 cm³/mol. The van der Waals surface area contributed by atoms with Crippen molar-refractivity contribution in [3.05, 3.63) is 190 Å². The van der Waals surface area contributed by atoms with Gasteiger partial charge in [0.1, 0.15) is 11.4 Å². The first-order chi connectivity index (χ1) is 29.7. The van der Waals surface area contributed by atoms with Crippen LogP contribution in [-0.4, -0.2) is 56.6 Å². The van der Waals surface area contributed by atoms with Crippen LogP contribution < -0.4 is 25.5 Å². The van der Waals surface area contributed by atoms with Gasteiger partial charge in [-0.05, 0) is 84.6 Å². The molecule has 3 heterocycles. The average Bonchev–Trinajstić information content (AvgIpc) is 3.99. The second kappa shape index (κ2) is 18.0. The fraction of sp³-hybridized carbons (Fsp3) is 0.146. The molecular weight excluding hydrogens is 771 g/mol. The normalized spacial score (nSPS) is 11.1. The molecular formula is C48H43N7O6. The van der Waals surface area contributed by atoms with E-state index in [0.29, 0.717) is 22.6 Å². The maximum atomic E-state index is 13.9. The van der Waals surface area contributed by atoms with Gasteiger partial charge in [-0.1, -0.05) is 48.5 Å². The zero-order valence-electron chi connectivity index (χ0n) is 33.9. The van der Waals surface area contributed by atoms with Gasteiger partial charge in [0.25, 0.3) is 11.8 Å². The van der Waals surface area contributed by atoms with E-state index in [4.69, 9.17) is 13.9 Å². The highest BCUT2D eigenvalue weighted by molar-refractivity contribution is 6.12. The summed E-state index contributed by atoms with van der Waals surface area (Å²) in [6.07, 6.45) is 10.0. The predicted octanol–water partition coefficient (Wildman–Crippen LogP) is 8.24. The largest absolute Gasteiger partial charge is 0.493 e. The molecule has 13 heteroatoms. The number of methoxy groups -OCH3 is 2. The van der Waals surface area contributed by atoms with Crippen LogP contribution in [0.2, 0.25) is 0 Å². The molecule has 0 saturated heterocycles. The molecule has 0 atom stereocenters. The van der Waals surface area contributed by atoms with E-state index in [1.165, 1.54) is 37.5 Å². The van der Waals surface area contributed by atoms with Gasteiger partial charge in [-0.2, -0.15) is 0 Å². The van der Waals surface area contributed by atoms with Crippen LogP contribution in [0.15, 0.2) is 156 Å². The summed E-state index contributed by atoms with van der Waals surface area (Å²) >= 11 is 0. The summed E-state index contributed by atoms with van der Waals surface area (Å²) in [5.74, 6) is 0.0872. The van der Waals surface area contributed by atoms with E-state index >= 15 is 0 Å². The van der Waals surface area contributed by atoms with Gasteiger partial charge in [-0.25, -0.2) is 9.97 Å². The van der Waals surface area contributed by atoms with Gasteiger partial charge >= 0.3 is 0 Å². The minimum Gasteiger partial charge on any atom is -0.493 e. The molecule has 0 bridgehead atoms. The number of amides is 2. The van der Waals surface area contributed by atoms with Gasteiger partial charge < -0.3 is 33.7 Å². The third-order valence-corrected chi connectivity index (χ3v) is 10.3. The smallest absolute Gasteiger partial charge is 0.291 e. The maximum Gasteiger partial charge on any atom is 0.291 e. The van der Waals surface area contributed by atoms with Crippen molar-refractivity contribution in [1.82, 2.24) is 24.0 Å². The first kappa shape index (κ1) is 40.0. The Morgan fingerprint density at radius 3 is 2.16 bits per heavy atom. The summed E-state index contributed by atoms with van der Waals surface area (Å²) in [4.78, 5) is 51.1. The molecule has 3 aromatic heterocycles. The van der Waals surface area contributed by atoms with E-state index in [9.17, 15) is 14.4 Å². The van der Waals surface area contributed by atoms with E-state index < -0.39 is 11.8 Å². The molecule has 0 fully saturated rings. The molecule has 0 aliphatic carbocycles. The zero-order valence-corrected chi connectivity index (χ0v) is 33.9. The Balaban J connectivity index is 0.986. The van der Waals surface area contributed by atoms with Crippen LogP contribution in [0, 0.1) is 6.92 Å². The maximum absolute atomic E-state index is 13.9. The molecule has 0 aliphatic heterocycles. The number of carbonyl (C=O) groups excluding carboxylic acids is 2. The summed E-state index contributed by atoms with van der Waals surface area (Å²) in [6.45, 7) is 4.21. The lowest BCUT2D eigenvalue weighted by Crippen LogP contribution is -2.25. The lowest BCUT2D eigenvalue weighted by Gasteiger charge is -2.23. The Morgan fingerprint density at radius 2 is 1.46 bits per heavy atom. The first-order valence-corrected chi connectivity index (χ1v) is 19.6. The number of anilines is 2. The number of para-hydroxylation sites is 1. The molecule has 0 spiro atoms. The molecule has 0 aliphatic rings. The summed E-state index contributed by atoms with van der Waals surface area (Å²) in [5.41, 5.74) is 6.27. The number of nitrogens with one attached hydrogen (secondary N) is 2. The number of carbonyl (C=O) groups is 2. The van der Waals surface area contributed by atoms with E-state index in [1.54, 1.807) is 36.8 Å². The van der Waals surface area contributed by atoms with Crippen molar-refractivity contribution in [2.75, 3.05) is 31.4 Å². The van der Waals surface area contributed by atoms with Crippen LogP contribution in [-0.2, 0) is 19.5 Å². The van der Waals surface area contributed by atoms with Gasteiger partial charge in [0.05, 0.1) is 37.2 Å². The highest BCUT2D eigenvalue weighted by Crippen LogP contribution is 2.34. The van der Waals surface area contributed by atoms with Crippen molar-refractivity contribution in [1.29, 1.82) is 0 Å². The molecule has 0 saturated carbocycles. The number of ether oxygens (including phenoxy) is 2. The molecule has 306 valence electrons. The van der Waals surface area contributed by atoms with Crippen LogP contribution in [0.4, 0.5) is 11.4 Å². The van der Waals surface area contributed by atoms with Crippen molar-refractivity contribution in [2.24, 2.45) is 0 Å².